The minimum absolute atomic E-state index is 0.0624. The fourth-order valence-electron chi connectivity index (χ4n) is 2.89. The van der Waals surface area contributed by atoms with E-state index in [9.17, 15) is 4.79 Å². The molecular formula is C13H16N2O. The fourth-order valence-corrected chi connectivity index (χ4v) is 2.89. The maximum absolute atomic E-state index is 11.0. The number of nitrogens with zero attached hydrogens (tertiary/aromatic N) is 1. The van der Waals surface area contributed by atoms with Crippen molar-refractivity contribution < 1.29 is 4.79 Å². The van der Waals surface area contributed by atoms with Crippen LogP contribution in [-0.2, 0) is 4.79 Å². The van der Waals surface area contributed by atoms with Gasteiger partial charge < -0.3 is 5.73 Å². The largest absolute Gasteiger partial charge is 0.365 e. The van der Waals surface area contributed by atoms with Gasteiger partial charge in [-0.25, -0.2) is 0 Å². The maximum atomic E-state index is 11.0. The molecule has 2 N–H and O–H groups in total. The first-order valence-electron chi connectivity index (χ1n) is 5.58. The highest BCUT2D eigenvalue weighted by molar-refractivity contribution is 5.96. The normalized spacial score (nSPS) is 31.1. The second-order valence-corrected chi connectivity index (χ2v) is 5.28. The summed E-state index contributed by atoms with van der Waals surface area (Å²) in [7, 11) is 0. The number of nitriles is 1. The van der Waals surface area contributed by atoms with Crippen molar-refractivity contribution in [2.75, 3.05) is 0 Å². The molecule has 3 aliphatic carbocycles. The number of hydrogen-bond donors (Lipinski definition) is 1. The third-order valence-corrected chi connectivity index (χ3v) is 4.21. The van der Waals surface area contributed by atoms with Gasteiger partial charge in [-0.2, -0.15) is 5.26 Å². The molecule has 1 amide bonds. The van der Waals surface area contributed by atoms with Crippen molar-refractivity contribution >= 4 is 5.91 Å². The molecule has 0 aromatic rings. The summed E-state index contributed by atoms with van der Waals surface area (Å²) >= 11 is 0. The molecule has 0 saturated heterocycles. The average Bonchev–Trinajstić information content (AvgIpc) is 2.25. The first-order chi connectivity index (χ1) is 7.46. The van der Waals surface area contributed by atoms with Crippen molar-refractivity contribution in [2.45, 2.75) is 26.7 Å². The number of carbonyl (C=O) groups excluding carboxylic acids is 1. The van der Waals surface area contributed by atoms with Gasteiger partial charge in [-0.05, 0) is 41.7 Å². The van der Waals surface area contributed by atoms with E-state index >= 15 is 0 Å². The molecule has 3 aliphatic rings. The van der Waals surface area contributed by atoms with E-state index in [4.69, 9.17) is 11.0 Å². The van der Waals surface area contributed by atoms with E-state index in [1.807, 2.05) is 6.07 Å². The molecule has 0 heterocycles. The molecule has 1 fully saturated rings. The van der Waals surface area contributed by atoms with E-state index in [0.29, 0.717) is 11.3 Å². The van der Waals surface area contributed by atoms with Gasteiger partial charge >= 0.3 is 0 Å². The van der Waals surface area contributed by atoms with Crippen LogP contribution in [0.4, 0.5) is 0 Å². The Bertz CT molecular complexity index is 437. The lowest BCUT2D eigenvalue weighted by Crippen LogP contribution is -2.47. The lowest BCUT2D eigenvalue weighted by atomic mass is 9.49. The van der Waals surface area contributed by atoms with Crippen LogP contribution < -0.4 is 5.73 Å². The monoisotopic (exact) mass is 216 g/mol. The molecule has 1 saturated carbocycles. The minimum atomic E-state index is -0.636. The first kappa shape index (κ1) is 10.9. The molecule has 2 atom stereocenters. The lowest BCUT2D eigenvalue weighted by molar-refractivity contribution is -0.114. The van der Waals surface area contributed by atoms with Gasteiger partial charge in [0.1, 0.15) is 11.6 Å². The van der Waals surface area contributed by atoms with Gasteiger partial charge in [0.15, 0.2) is 0 Å². The highest BCUT2D eigenvalue weighted by Crippen LogP contribution is 2.59. The quantitative estimate of drug-likeness (QED) is 0.566. The smallest absolute Gasteiger partial charge is 0.259 e. The number of hydrogen-bond acceptors (Lipinski definition) is 2. The standard InChI is InChI=1S/C13H16N2O/c1-13(2)10-4-3-8(11(13)6-10)5-9(7-14)12(15)16/h3,5,10-11H,4,6H2,1-2H3,(H2,15,16)/b9-5+. The second-order valence-electron chi connectivity index (χ2n) is 5.28. The van der Waals surface area contributed by atoms with Crippen LogP contribution >= 0.6 is 0 Å². The summed E-state index contributed by atoms with van der Waals surface area (Å²) in [5, 5.41) is 8.81. The van der Waals surface area contributed by atoms with E-state index in [1.54, 1.807) is 6.08 Å². The summed E-state index contributed by atoms with van der Waals surface area (Å²) in [6, 6.07) is 1.86. The zero-order valence-electron chi connectivity index (χ0n) is 9.66. The molecule has 0 aliphatic heterocycles. The number of fused-ring (bicyclic) bond motifs is 1. The topological polar surface area (TPSA) is 66.9 Å². The van der Waals surface area contributed by atoms with Gasteiger partial charge in [0, 0.05) is 0 Å². The maximum Gasteiger partial charge on any atom is 0.259 e. The SMILES string of the molecule is CC1(C)C2CC=C(/C=C(\C#N)C(N)=O)C1C2. The summed E-state index contributed by atoms with van der Waals surface area (Å²) in [5.74, 6) is 0.602. The lowest BCUT2D eigenvalue weighted by Gasteiger charge is -2.56. The Balaban J connectivity index is 2.28. The number of allylic oxidation sites excluding steroid dienone is 3. The summed E-state index contributed by atoms with van der Waals surface area (Å²) < 4.78 is 0. The van der Waals surface area contributed by atoms with E-state index in [-0.39, 0.29) is 5.57 Å². The Labute approximate surface area is 95.6 Å². The average molecular weight is 216 g/mol. The van der Waals surface area contributed by atoms with Crippen molar-refractivity contribution in [3.8, 4) is 6.07 Å². The molecular weight excluding hydrogens is 200 g/mol. The first-order valence-corrected chi connectivity index (χ1v) is 5.58. The third kappa shape index (κ3) is 1.46. The molecule has 3 nitrogen and oxygen atoms in total. The Morgan fingerprint density at radius 2 is 2.38 bits per heavy atom. The van der Waals surface area contributed by atoms with Crippen LogP contribution in [0.25, 0.3) is 0 Å². The van der Waals surface area contributed by atoms with E-state index < -0.39 is 5.91 Å². The highest BCUT2D eigenvalue weighted by Gasteiger charge is 2.50. The molecule has 0 aromatic carbocycles. The summed E-state index contributed by atoms with van der Waals surface area (Å²) in [6.07, 6.45) is 6.04. The summed E-state index contributed by atoms with van der Waals surface area (Å²) in [4.78, 5) is 11.0. The molecule has 2 bridgehead atoms. The fraction of sp³-hybridized carbons (Fsp3) is 0.538. The van der Waals surface area contributed by atoms with Crippen molar-refractivity contribution in [3.05, 3.63) is 23.3 Å². The molecule has 84 valence electrons. The second kappa shape index (κ2) is 3.48. The van der Waals surface area contributed by atoms with E-state index in [0.717, 1.165) is 17.9 Å². The third-order valence-electron chi connectivity index (χ3n) is 4.21. The van der Waals surface area contributed by atoms with Gasteiger partial charge in [0.05, 0.1) is 0 Å². The van der Waals surface area contributed by atoms with Crippen molar-refractivity contribution in [3.63, 3.8) is 0 Å². The molecule has 0 spiro atoms. The van der Waals surface area contributed by atoms with Gasteiger partial charge in [0.2, 0.25) is 0 Å². The predicted molar refractivity (Wildman–Crippen MR) is 61.0 cm³/mol. The molecule has 2 unspecified atom stereocenters. The summed E-state index contributed by atoms with van der Waals surface area (Å²) in [6.45, 7) is 4.51. The van der Waals surface area contributed by atoms with Crippen LogP contribution in [-0.4, -0.2) is 5.91 Å². The Hall–Kier alpha value is -1.56. The predicted octanol–water partition coefficient (Wildman–Crippen LogP) is 1.91. The Morgan fingerprint density at radius 1 is 1.69 bits per heavy atom. The molecule has 3 heteroatoms. The van der Waals surface area contributed by atoms with Crippen LogP contribution in [0.3, 0.4) is 0 Å². The zero-order chi connectivity index (χ0) is 11.9. The molecule has 3 rings (SSSR count). The van der Waals surface area contributed by atoms with Crippen LogP contribution in [0, 0.1) is 28.6 Å². The van der Waals surface area contributed by atoms with Crippen molar-refractivity contribution in [1.29, 1.82) is 5.26 Å². The number of primary amides is 1. The van der Waals surface area contributed by atoms with Crippen molar-refractivity contribution in [1.82, 2.24) is 0 Å². The number of carbonyl (C=O) groups is 1. The molecule has 0 aromatic heterocycles. The van der Waals surface area contributed by atoms with Gasteiger partial charge in [-0.1, -0.05) is 19.9 Å². The summed E-state index contributed by atoms with van der Waals surface area (Å²) in [5.41, 5.74) is 6.61. The molecule has 0 radical (unpaired) electrons. The van der Waals surface area contributed by atoms with Gasteiger partial charge in [-0.15, -0.1) is 0 Å². The minimum Gasteiger partial charge on any atom is -0.365 e. The van der Waals surface area contributed by atoms with Crippen LogP contribution in [0.2, 0.25) is 0 Å². The van der Waals surface area contributed by atoms with Crippen LogP contribution in [0.1, 0.15) is 26.7 Å². The molecule has 16 heavy (non-hydrogen) atoms. The van der Waals surface area contributed by atoms with Crippen molar-refractivity contribution in [2.24, 2.45) is 23.0 Å². The van der Waals surface area contributed by atoms with E-state index in [2.05, 4.69) is 19.9 Å². The Morgan fingerprint density at radius 3 is 2.81 bits per heavy atom. The van der Waals surface area contributed by atoms with E-state index in [1.165, 1.54) is 6.42 Å². The van der Waals surface area contributed by atoms with Gasteiger partial charge in [-0.3, -0.25) is 4.79 Å². The Kier molecular flexibility index (Phi) is 2.38. The van der Waals surface area contributed by atoms with Gasteiger partial charge in [0.25, 0.3) is 5.91 Å². The number of rotatable bonds is 2. The number of nitrogens with two attached hydrogens (primary N) is 1. The number of amides is 1. The zero-order valence-corrected chi connectivity index (χ0v) is 9.66. The van der Waals surface area contributed by atoms with Crippen LogP contribution in [0.15, 0.2) is 23.3 Å². The van der Waals surface area contributed by atoms with Crippen LogP contribution in [0.5, 0.6) is 0 Å². The highest BCUT2D eigenvalue weighted by atomic mass is 16.1.